The number of carbonyl (C=O) groups is 3. The number of aliphatic carboxylic acids is 1. The molecule has 2 rings (SSSR count). The summed E-state index contributed by atoms with van der Waals surface area (Å²) in [6, 6.07) is 5.94. The number of carbonyl (C=O) groups excluding carboxylic acids is 2. The summed E-state index contributed by atoms with van der Waals surface area (Å²) in [5.74, 6) is -1.94. The average molecular weight is 484 g/mol. The van der Waals surface area contributed by atoms with Gasteiger partial charge in [-0.25, -0.2) is 0 Å². The number of amides is 1. The molecule has 1 aromatic rings. The van der Waals surface area contributed by atoms with Gasteiger partial charge in [0.25, 0.3) is 0 Å². The average Bonchev–Trinajstić information content (AvgIpc) is 2.78. The molecule has 6 atom stereocenters. The number of esters is 1. The van der Waals surface area contributed by atoms with E-state index in [4.69, 9.17) is 19.3 Å². The van der Waals surface area contributed by atoms with Gasteiger partial charge in [0.2, 0.25) is 5.91 Å². The number of aliphatic hydroxyl groups is 2. The molecule has 0 bridgehead atoms. The summed E-state index contributed by atoms with van der Waals surface area (Å²) >= 11 is 0. The van der Waals surface area contributed by atoms with E-state index < -0.39 is 54.7 Å². The fourth-order valence-corrected chi connectivity index (χ4v) is 3.38. The molecule has 11 nitrogen and oxygen atoms in total. The third kappa shape index (κ3) is 9.26. The van der Waals surface area contributed by atoms with Gasteiger partial charge < -0.3 is 40.0 Å². The zero-order valence-corrected chi connectivity index (χ0v) is 19.3. The van der Waals surface area contributed by atoms with Gasteiger partial charge in [-0.3, -0.25) is 14.4 Å². The van der Waals surface area contributed by atoms with Crippen LogP contribution in [0.4, 0.5) is 0 Å². The lowest BCUT2D eigenvalue weighted by Crippen LogP contribution is -2.49. The van der Waals surface area contributed by atoms with Crippen molar-refractivity contribution in [3.8, 4) is 5.75 Å². The maximum Gasteiger partial charge on any atom is 0.306 e. The maximum absolute atomic E-state index is 12.2. The number of nitrogens with one attached hydrogen (secondary N) is 1. The second kappa shape index (κ2) is 13.2. The molecule has 1 fully saturated rings. The van der Waals surface area contributed by atoms with Crippen LogP contribution in [0.15, 0.2) is 24.3 Å². The van der Waals surface area contributed by atoms with Gasteiger partial charge in [-0.1, -0.05) is 12.1 Å². The van der Waals surface area contributed by atoms with Gasteiger partial charge in [0.05, 0.1) is 24.7 Å². The molecule has 1 aliphatic heterocycles. The van der Waals surface area contributed by atoms with Crippen LogP contribution in [-0.4, -0.2) is 75.5 Å². The third-order valence-electron chi connectivity index (χ3n) is 5.40. The van der Waals surface area contributed by atoms with Crippen molar-refractivity contribution in [1.29, 1.82) is 0 Å². The highest BCUT2D eigenvalue weighted by Gasteiger charge is 2.38. The summed E-state index contributed by atoms with van der Waals surface area (Å²) < 4.78 is 16.5. The van der Waals surface area contributed by atoms with Gasteiger partial charge in [0.1, 0.15) is 18.0 Å². The predicted octanol–water partition coefficient (Wildman–Crippen LogP) is 0.999. The van der Waals surface area contributed by atoms with Crippen LogP contribution in [-0.2, 0) is 28.6 Å². The van der Waals surface area contributed by atoms with E-state index in [1.807, 2.05) is 0 Å². The van der Waals surface area contributed by atoms with Crippen molar-refractivity contribution in [1.82, 2.24) is 5.32 Å². The van der Waals surface area contributed by atoms with E-state index in [9.17, 15) is 29.7 Å². The van der Waals surface area contributed by atoms with Gasteiger partial charge in [-0.05, 0) is 38.0 Å². The Labute approximate surface area is 197 Å². The van der Waals surface area contributed by atoms with Crippen LogP contribution < -0.4 is 5.32 Å². The number of hydrogen-bond acceptors (Lipinski definition) is 9. The highest BCUT2D eigenvalue weighted by molar-refractivity contribution is 5.81. The number of ether oxygens (including phenoxy) is 3. The Kier molecular flexibility index (Phi) is 10.7. The fraction of sp³-hybridized carbons (Fsp3) is 0.609. The standard InChI is InChI=1S/C23H33NO10/c1-13(3-9-21(29)30)32-23-17(26)11-19(14(2)33-23)34-22(31)10-8-20(28)24-12-18(27)15-4-6-16(25)7-5-15/h4-7,13-14,17-19,23,25-27H,3,8-12H2,1-2H3,(H,24,28)(H,29,30)/t13-,14+,17-,18+,19-,23-/m1/s1. The summed E-state index contributed by atoms with van der Waals surface area (Å²) in [7, 11) is 0. The Hall–Kier alpha value is -2.73. The highest BCUT2D eigenvalue weighted by Crippen LogP contribution is 2.25. The van der Waals surface area contributed by atoms with Crippen LogP contribution in [0.5, 0.6) is 5.75 Å². The van der Waals surface area contributed by atoms with Crippen molar-refractivity contribution >= 4 is 17.8 Å². The molecule has 0 unspecified atom stereocenters. The van der Waals surface area contributed by atoms with Gasteiger partial charge in [0.15, 0.2) is 6.29 Å². The largest absolute Gasteiger partial charge is 0.508 e. The van der Waals surface area contributed by atoms with Gasteiger partial charge in [-0.2, -0.15) is 0 Å². The molecule has 0 aliphatic carbocycles. The van der Waals surface area contributed by atoms with Crippen molar-refractivity contribution in [2.75, 3.05) is 6.54 Å². The summed E-state index contributed by atoms with van der Waals surface area (Å²) in [4.78, 5) is 34.8. The molecule has 0 saturated carbocycles. The van der Waals surface area contributed by atoms with Crippen molar-refractivity contribution in [2.45, 2.75) is 82.8 Å². The number of hydrogen-bond donors (Lipinski definition) is 5. The van der Waals surface area contributed by atoms with E-state index in [0.717, 1.165) is 0 Å². The molecule has 11 heteroatoms. The number of carboxylic acids is 1. The monoisotopic (exact) mass is 483 g/mol. The van der Waals surface area contributed by atoms with Crippen molar-refractivity contribution in [2.24, 2.45) is 0 Å². The van der Waals surface area contributed by atoms with E-state index >= 15 is 0 Å². The molecule has 0 radical (unpaired) electrons. The summed E-state index contributed by atoms with van der Waals surface area (Å²) in [5, 5.41) is 40.9. The second-order valence-corrected chi connectivity index (χ2v) is 8.33. The van der Waals surface area contributed by atoms with Crippen LogP contribution in [0.3, 0.4) is 0 Å². The number of aliphatic hydroxyl groups excluding tert-OH is 2. The zero-order valence-electron chi connectivity index (χ0n) is 19.3. The topological polar surface area (TPSA) is 172 Å². The number of aromatic hydroxyl groups is 1. The third-order valence-corrected chi connectivity index (χ3v) is 5.40. The van der Waals surface area contributed by atoms with E-state index in [2.05, 4.69) is 5.32 Å². The van der Waals surface area contributed by atoms with Crippen molar-refractivity contribution in [3.05, 3.63) is 29.8 Å². The SMILES string of the molecule is C[C@H](CCC(=O)O)O[C@@H]1O[C@@H](C)[C@H](OC(=O)CCC(=O)NC[C@H](O)c2ccc(O)cc2)C[C@H]1O. The minimum Gasteiger partial charge on any atom is -0.508 e. The van der Waals surface area contributed by atoms with E-state index in [1.54, 1.807) is 13.8 Å². The lowest BCUT2D eigenvalue weighted by atomic mass is 10.0. The van der Waals surface area contributed by atoms with Crippen LogP contribution in [0, 0.1) is 0 Å². The first-order valence-corrected chi connectivity index (χ1v) is 11.2. The number of rotatable bonds is 12. The number of phenols is 1. The zero-order chi connectivity index (χ0) is 25.3. The molecule has 1 amide bonds. The van der Waals surface area contributed by atoms with Gasteiger partial charge >= 0.3 is 11.9 Å². The molecule has 1 aromatic carbocycles. The van der Waals surface area contributed by atoms with Crippen LogP contribution in [0.25, 0.3) is 0 Å². The molecular weight excluding hydrogens is 450 g/mol. The summed E-state index contributed by atoms with van der Waals surface area (Å²) in [6.07, 6.45) is -4.77. The van der Waals surface area contributed by atoms with Crippen molar-refractivity contribution < 1.29 is 49.0 Å². The maximum atomic E-state index is 12.2. The first kappa shape index (κ1) is 27.5. The van der Waals surface area contributed by atoms with Crippen LogP contribution in [0.2, 0.25) is 0 Å². The fourth-order valence-electron chi connectivity index (χ4n) is 3.38. The molecule has 190 valence electrons. The Morgan fingerprint density at radius 2 is 1.85 bits per heavy atom. The molecule has 0 spiro atoms. The minimum atomic E-state index is -1.06. The summed E-state index contributed by atoms with van der Waals surface area (Å²) in [5.41, 5.74) is 0.529. The highest BCUT2D eigenvalue weighted by atomic mass is 16.7. The Bertz CT molecular complexity index is 814. The van der Waals surface area contributed by atoms with Crippen LogP contribution in [0.1, 0.15) is 57.6 Å². The number of benzene rings is 1. The summed E-state index contributed by atoms with van der Waals surface area (Å²) in [6.45, 7) is 3.30. The first-order chi connectivity index (χ1) is 16.0. The van der Waals surface area contributed by atoms with Crippen LogP contribution >= 0.6 is 0 Å². The van der Waals surface area contributed by atoms with Crippen molar-refractivity contribution in [3.63, 3.8) is 0 Å². The second-order valence-electron chi connectivity index (χ2n) is 8.33. The Morgan fingerprint density at radius 3 is 2.50 bits per heavy atom. The predicted molar refractivity (Wildman–Crippen MR) is 118 cm³/mol. The molecule has 1 heterocycles. The first-order valence-electron chi connectivity index (χ1n) is 11.2. The molecule has 34 heavy (non-hydrogen) atoms. The van der Waals surface area contributed by atoms with E-state index in [0.29, 0.717) is 5.56 Å². The molecular formula is C23H33NO10. The quantitative estimate of drug-likeness (QED) is 0.270. The van der Waals surface area contributed by atoms with Gasteiger partial charge in [-0.15, -0.1) is 0 Å². The van der Waals surface area contributed by atoms with Gasteiger partial charge in [0, 0.05) is 25.8 Å². The number of phenolic OH excluding ortho intramolecular Hbond substituents is 1. The Morgan fingerprint density at radius 1 is 1.18 bits per heavy atom. The lowest BCUT2D eigenvalue weighted by Gasteiger charge is -2.38. The molecule has 1 saturated heterocycles. The minimum absolute atomic E-state index is 0.0510. The van der Waals surface area contributed by atoms with E-state index in [1.165, 1.54) is 24.3 Å². The lowest BCUT2D eigenvalue weighted by molar-refractivity contribution is -0.276. The molecule has 1 aliphatic rings. The number of carboxylic acid groups (broad SMARTS) is 1. The smallest absolute Gasteiger partial charge is 0.306 e. The van der Waals surface area contributed by atoms with E-state index in [-0.39, 0.29) is 44.4 Å². The normalized spacial score (nSPS) is 24.1. The Balaban J connectivity index is 1.69. The molecule has 5 N–H and O–H groups in total. The molecule has 0 aromatic heterocycles.